The highest BCUT2D eigenvalue weighted by molar-refractivity contribution is 6.31. The Morgan fingerprint density at radius 2 is 1.75 bits per heavy atom. The number of carbonyl (C=O) groups excluding carboxylic acids is 1. The molecule has 3 aromatic rings. The Balaban J connectivity index is 1.75. The van der Waals surface area contributed by atoms with Gasteiger partial charge in [-0.25, -0.2) is 0 Å². The van der Waals surface area contributed by atoms with Crippen molar-refractivity contribution in [1.82, 2.24) is 5.32 Å². The number of amides is 1. The van der Waals surface area contributed by atoms with Crippen molar-refractivity contribution in [3.63, 3.8) is 0 Å². The third-order valence-electron chi connectivity index (χ3n) is 4.98. The van der Waals surface area contributed by atoms with E-state index in [9.17, 15) is 9.90 Å². The van der Waals surface area contributed by atoms with Crippen molar-refractivity contribution in [2.24, 2.45) is 0 Å². The first kappa shape index (κ1) is 20.0. The minimum Gasteiger partial charge on any atom is -0.507 e. The Labute approximate surface area is 171 Å². The van der Waals surface area contributed by atoms with Gasteiger partial charge in [0.05, 0.1) is 5.56 Å². The molecule has 3 aromatic carbocycles. The van der Waals surface area contributed by atoms with Crippen molar-refractivity contribution in [2.45, 2.75) is 32.7 Å². The minimum atomic E-state index is -0.357. The number of benzene rings is 3. The number of phenolic OH excluding ortho intramolecular Hbond substituents is 1. The average Bonchev–Trinajstić information content (AvgIpc) is 2.73. The third kappa shape index (κ3) is 4.73. The van der Waals surface area contributed by atoms with Gasteiger partial charge in [-0.3, -0.25) is 4.79 Å². The summed E-state index contributed by atoms with van der Waals surface area (Å²) in [5, 5.41) is 13.1. The second kappa shape index (κ2) is 8.94. The summed E-state index contributed by atoms with van der Waals surface area (Å²) in [5.41, 5.74) is 4.77. The molecule has 0 fully saturated rings. The van der Waals surface area contributed by atoms with E-state index in [2.05, 4.69) is 55.6 Å². The molecule has 3 nitrogen and oxygen atoms in total. The lowest BCUT2D eigenvalue weighted by molar-refractivity contribution is 0.0948. The predicted octanol–water partition coefficient (Wildman–Crippen LogP) is 6.16. The van der Waals surface area contributed by atoms with Crippen LogP contribution in [0.15, 0.2) is 66.7 Å². The monoisotopic (exact) mass is 393 g/mol. The molecule has 0 saturated heterocycles. The first-order chi connectivity index (χ1) is 13.5. The maximum absolute atomic E-state index is 12.4. The number of nitrogens with one attached hydrogen (secondary N) is 1. The molecule has 0 aliphatic heterocycles. The van der Waals surface area contributed by atoms with Crippen molar-refractivity contribution >= 4 is 17.5 Å². The maximum Gasteiger partial charge on any atom is 0.255 e. The van der Waals surface area contributed by atoms with Crippen LogP contribution in [0, 0.1) is 0 Å². The molecule has 0 aromatic heterocycles. The molecule has 0 saturated carbocycles. The molecule has 144 valence electrons. The molecule has 0 aliphatic rings. The van der Waals surface area contributed by atoms with Gasteiger partial charge >= 0.3 is 0 Å². The Hall–Kier alpha value is -2.78. The number of phenols is 1. The molecule has 0 heterocycles. The highest BCUT2D eigenvalue weighted by Gasteiger charge is 2.12. The molecule has 1 atom stereocenters. The topological polar surface area (TPSA) is 49.3 Å². The van der Waals surface area contributed by atoms with Crippen molar-refractivity contribution in [3.8, 4) is 16.9 Å². The fourth-order valence-corrected chi connectivity index (χ4v) is 3.26. The van der Waals surface area contributed by atoms with Gasteiger partial charge in [-0.15, -0.1) is 0 Å². The molecule has 0 aliphatic carbocycles. The fourth-order valence-electron chi connectivity index (χ4n) is 3.09. The Kier molecular flexibility index (Phi) is 6.37. The lowest BCUT2D eigenvalue weighted by Crippen LogP contribution is -2.22. The van der Waals surface area contributed by atoms with Crippen LogP contribution in [0.4, 0.5) is 0 Å². The van der Waals surface area contributed by atoms with Gasteiger partial charge in [-0.1, -0.05) is 67.9 Å². The number of halogens is 1. The number of hydrogen-bond donors (Lipinski definition) is 2. The van der Waals surface area contributed by atoms with Gasteiger partial charge in [0.2, 0.25) is 0 Å². The van der Waals surface area contributed by atoms with Crippen LogP contribution in [0.2, 0.25) is 5.02 Å². The zero-order valence-electron chi connectivity index (χ0n) is 16.1. The van der Waals surface area contributed by atoms with Gasteiger partial charge in [-0.2, -0.15) is 0 Å². The highest BCUT2D eigenvalue weighted by Crippen LogP contribution is 2.26. The Bertz CT molecular complexity index is 984. The molecule has 1 amide bonds. The SMILES string of the molecule is CCC(C)c1cccc(-c2cccc(CNC(=O)c3cc(Cl)ccc3O)c2)c1. The van der Waals surface area contributed by atoms with Gasteiger partial charge in [0.1, 0.15) is 5.75 Å². The molecule has 0 radical (unpaired) electrons. The van der Waals surface area contributed by atoms with Crippen LogP contribution in [0.3, 0.4) is 0 Å². The molecule has 3 rings (SSSR count). The highest BCUT2D eigenvalue weighted by atomic mass is 35.5. The number of aromatic hydroxyl groups is 1. The van der Waals surface area contributed by atoms with E-state index < -0.39 is 0 Å². The lowest BCUT2D eigenvalue weighted by Gasteiger charge is -2.12. The lowest BCUT2D eigenvalue weighted by atomic mass is 9.94. The van der Waals surface area contributed by atoms with Crippen LogP contribution in [0.1, 0.15) is 47.7 Å². The third-order valence-corrected chi connectivity index (χ3v) is 5.22. The zero-order chi connectivity index (χ0) is 20.1. The number of rotatable bonds is 6. The summed E-state index contributed by atoms with van der Waals surface area (Å²) in [4.78, 5) is 12.4. The summed E-state index contributed by atoms with van der Waals surface area (Å²) < 4.78 is 0. The normalized spacial score (nSPS) is 11.8. The number of hydrogen-bond acceptors (Lipinski definition) is 2. The largest absolute Gasteiger partial charge is 0.507 e. The van der Waals surface area contributed by atoms with Crippen molar-refractivity contribution in [2.75, 3.05) is 0 Å². The summed E-state index contributed by atoms with van der Waals surface area (Å²) in [6.07, 6.45) is 1.10. The van der Waals surface area contributed by atoms with E-state index in [1.807, 2.05) is 12.1 Å². The molecule has 0 bridgehead atoms. The number of carbonyl (C=O) groups is 1. The first-order valence-corrected chi connectivity index (χ1v) is 9.81. The van der Waals surface area contributed by atoms with E-state index in [4.69, 9.17) is 11.6 Å². The van der Waals surface area contributed by atoms with E-state index in [1.54, 1.807) is 6.07 Å². The van der Waals surface area contributed by atoms with E-state index >= 15 is 0 Å². The van der Waals surface area contributed by atoms with Gasteiger partial charge in [0.25, 0.3) is 5.91 Å². The Morgan fingerprint density at radius 3 is 2.50 bits per heavy atom. The van der Waals surface area contributed by atoms with E-state index in [1.165, 1.54) is 23.3 Å². The Morgan fingerprint density at radius 1 is 1.04 bits per heavy atom. The van der Waals surface area contributed by atoms with Gasteiger partial charge in [0.15, 0.2) is 0 Å². The van der Waals surface area contributed by atoms with E-state index in [-0.39, 0.29) is 17.2 Å². The first-order valence-electron chi connectivity index (χ1n) is 9.44. The molecule has 4 heteroatoms. The van der Waals surface area contributed by atoms with Crippen LogP contribution in [0.5, 0.6) is 5.75 Å². The van der Waals surface area contributed by atoms with E-state index in [0.29, 0.717) is 17.5 Å². The standard InChI is InChI=1S/C24H24ClNO2/c1-3-16(2)18-7-5-9-20(13-18)19-8-4-6-17(12-19)15-26-24(28)22-14-21(25)10-11-23(22)27/h4-14,16,27H,3,15H2,1-2H3,(H,26,28). The summed E-state index contributed by atoms with van der Waals surface area (Å²) in [5.74, 6) is 0.0782. The van der Waals surface area contributed by atoms with Crippen molar-refractivity contribution in [1.29, 1.82) is 0 Å². The van der Waals surface area contributed by atoms with Crippen LogP contribution < -0.4 is 5.32 Å². The van der Waals surface area contributed by atoms with Gasteiger partial charge in [-0.05, 0) is 58.9 Å². The molecule has 1 unspecified atom stereocenters. The fraction of sp³-hybridized carbons (Fsp3) is 0.208. The quantitative estimate of drug-likeness (QED) is 0.527. The van der Waals surface area contributed by atoms with E-state index in [0.717, 1.165) is 17.5 Å². The van der Waals surface area contributed by atoms with Gasteiger partial charge in [0, 0.05) is 11.6 Å². The maximum atomic E-state index is 12.4. The summed E-state index contributed by atoms with van der Waals surface area (Å²) in [6.45, 7) is 4.79. The van der Waals surface area contributed by atoms with Crippen LogP contribution in [-0.2, 0) is 6.54 Å². The van der Waals surface area contributed by atoms with Crippen LogP contribution >= 0.6 is 11.6 Å². The summed E-state index contributed by atoms with van der Waals surface area (Å²) in [7, 11) is 0. The second-order valence-corrected chi connectivity index (χ2v) is 7.42. The smallest absolute Gasteiger partial charge is 0.255 e. The molecule has 28 heavy (non-hydrogen) atoms. The summed E-state index contributed by atoms with van der Waals surface area (Å²) >= 11 is 5.92. The summed E-state index contributed by atoms with van der Waals surface area (Å²) in [6, 6.07) is 21.1. The molecule has 0 spiro atoms. The minimum absolute atomic E-state index is 0.0856. The predicted molar refractivity (Wildman–Crippen MR) is 115 cm³/mol. The second-order valence-electron chi connectivity index (χ2n) is 6.98. The van der Waals surface area contributed by atoms with Crippen LogP contribution in [0.25, 0.3) is 11.1 Å². The van der Waals surface area contributed by atoms with Crippen LogP contribution in [-0.4, -0.2) is 11.0 Å². The van der Waals surface area contributed by atoms with Gasteiger partial charge < -0.3 is 10.4 Å². The van der Waals surface area contributed by atoms with Crippen molar-refractivity contribution < 1.29 is 9.90 Å². The van der Waals surface area contributed by atoms with Crippen molar-refractivity contribution in [3.05, 3.63) is 88.4 Å². The zero-order valence-corrected chi connectivity index (χ0v) is 16.8. The molecular weight excluding hydrogens is 370 g/mol. The average molecular weight is 394 g/mol. The molecular formula is C24H24ClNO2. The molecule has 2 N–H and O–H groups in total.